The van der Waals surface area contributed by atoms with Gasteiger partial charge in [-0.2, -0.15) is 0 Å². The van der Waals surface area contributed by atoms with Gasteiger partial charge in [-0.3, -0.25) is 4.79 Å². The lowest BCUT2D eigenvalue weighted by atomic mass is 10.1. The van der Waals surface area contributed by atoms with Crippen molar-refractivity contribution in [3.05, 3.63) is 29.8 Å². The average Bonchev–Trinajstić information content (AvgIpc) is 2.28. The van der Waals surface area contributed by atoms with Crippen molar-refractivity contribution in [1.29, 1.82) is 0 Å². The van der Waals surface area contributed by atoms with Crippen LogP contribution in [0.25, 0.3) is 10.8 Å². The Morgan fingerprint density at radius 2 is 1.69 bits per heavy atom. The Morgan fingerprint density at radius 1 is 1.06 bits per heavy atom. The van der Waals surface area contributed by atoms with Gasteiger partial charge >= 0.3 is 0 Å². The fourth-order valence-corrected chi connectivity index (χ4v) is 1.58. The van der Waals surface area contributed by atoms with Crippen molar-refractivity contribution in [1.82, 2.24) is 0 Å². The molecule has 2 aromatic rings. The number of carbonyl (C=O) groups excluding carboxylic acids is 1. The standard InChI is InChI=1S/C12H10O4/c1-16-12-5-8-3-10(14)9(6-13)2-7(8)4-11(12)15/h2-6,14-15H,1H3. The third-order valence-electron chi connectivity index (χ3n) is 2.41. The van der Waals surface area contributed by atoms with Gasteiger partial charge in [0.25, 0.3) is 0 Å². The first kappa shape index (κ1) is 10.3. The summed E-state index contributed by atoms with van der Waals surface area (Å²) in [6.07, 6.45) is 0.566. The fraction of sp³-hybridized carbons (Fsp3) is 0.0833. The normalized spacial score (nSPS) is 10.3. The Balaban J connectivity index is 2.76. The molecule has 0 heterocycles. The van der Waals surface area contributed by atoms with Crippen LogP contribution in [-0.2, 0) is 0 Å². The van der Waals surface area contributed by atoms with Gasteiger partial charge in [-0.1, -0.05) is 0 Å². The first-order valence-corrected chi connectivity index (χ1v) is 4.64. The second-order valence-electron chi connectivity index (χ2n) is 3.40. The Labute approximate surface area is 91.7 Å². The molecule has 0 unspecified atom stereocenters. The maximum Gasteiger partial charge on any atom is 0.161 e. The first-order chi connectivity index (χ1) is 7.65. The molecular weight excluding hydrogens is 208 g/mol. The van der Waals surface area contributed by atoms with Crippen LogP contribution >= 0.6 is 0 Å². The van der Waals surface area contributed by atoms with Gasteiger partial charge in [0, 0.05) is 0 Å². The van der Waals surface area contributed by atoms with Crippen molar-refractivity contribution < 1.29 is 19.7 Å². The zero-order chi connectivity index (χ0) is 11.7. The number of benzene rings is 2. The second kappa shape index (κ2) is 3.73. The molecule has 0 saturated carbocycles. The van der Waals surface area contributed by atoms with Crippen LogP contribution in [0.2, 0.25) is 0 Å². The molecule has 0 aliphatic heterocycles. The zero-order valence-corrected chi connectivity index (χ0v) is 8.60. The monoisotopic (exact) mass is 218 g/mol. The van der Waals surface area contributed by atoms with Crippen LogP contribution < -0.4 is 4.74 Å². The number of rotatable bonds is 2. The van der Waals surface area contributed by atoms with E-state index in [4.69, 9.17) is 4.74 Å². The van der Waals surface area contributed by atoms with Crippen LogP contribution in [0.3, 0.4) is 0 Å². The molecule has 0 radical (unpaired) electrons. The van der Waals surface area contributed by atoms with Gasteiger partial charge in [0.1, 0.15) is 5.75 Å². The van der Waals surface area contributed by atoms with Crippen LogP contribution in [0, 0.1) is 0 Å². The van der Waals surface area contributed by atoms with Crippen LogP contribution in [0.1, 0.15) is 10.4 Å². The minimum absolute atomic E-state index is 0.00228. The highest BCUT2D eigenvalue weighted by molar-refractivity contribution is 5.93. The molecule has 0 bridgehead atoms. The van der Waals surface area contributed by atoms with Gasteiger partial charge in [-0.25, -0.2) is 0 Å². The zero-order valence-electron chi connectivity index (χ0n) is 8.60. The van der Waals surface area contributed by atoms with Crippen molar-refractivity contribution in [2.45, 2.75) is 0 Å². The highest BCUT2D eigenvalue weighted by atomic mass is 16.5. The third kappa shape index (κ3) is 1.54. The molecule has 4 nitrogen and oxygen atoms in total. The lowest BCUT2D eigenvalue weighted by Crippen LogP contribution is -1.86. The lowest BCUT2D eigenvalue weighted by molar-refractivity contribution is 0.112. The molecule has 2 N–H and O–H groups in total. The maximum absolute atomic E-state index is 10.6. The minimum atomic E-state index is -0.0877. The number of aldehydes is 1. The summed E-state index contributed by atoms with van der Waals surface area (Å²) >= 11 is 0. The van der Waals surface area contributed by atoms with E-state index >= 15 is 0 Å². The number of ether oxygens (including phenoxy) is 1. The molecule has 82 valence electrons. The van der Waals surface area contributed by atoms with Crippen molar-refractivity contribution in [2.75, 3.05) is 7.11 Å². The van der Waals surface area contributed by atoms with Crippen LogP contribution in [-0.4, -0.2) is 23.6 Å². The number of aromatic hydroxyl groups is 2. The molecule has 0 aliphatic carbocycles. The van der Waals surface area contributed by atoms with Crippen molar-refractivity contribution >= 4 is 17.1 Å². The molecule has 0 fully saturated rings. The number of hydrogen-bond acceptors (Lipinski definition) is 4. The molecule has 4 heteroatoms. The molecule has 0 spiro atoms. The summed E-state index contributed by atoms with van der Waals surface area (Å²) in [6.45, 7) is 0. The smallest absolute Gasteiger partial charge is 0.161 e. The number of methoxy groups -OCH3 is 1. The minimum Gasteiger partial charge on any atom is -0.507 e. The second-order valence-corrected chi connectivity index (χ2v) is 3.40. The van der Waals surface area contributed by atoms with E-state index in [1.165, 1.54) is 25.3 Å². The Morgan fingerprint density at radius 3 is 2.31 bits per heavy atom. The van der Waals surface area contributed by atoms with Crippen LogP contribution in [0.5, 0.6) is 17.2 Å². The molecule has 0 amide bonds. The lowest BCUT2D eigenvalue weighted by Gasteiger charge is -2.07. The third-order valence-corrected chi connectivity index (χ3v) is 2.41. The summed E-state index contributed by atoms with van der Waals surface area (Å²) in [5.74, 6) is 0.235. The quantitative estimate of drug-likeness (QED) is 0.757. The average molecular weight is 218 g/mol. The molecule has 0 atom stereocenters. The van der Waals surface area contributed by atoms with Gasteiger partial charge < -0.3 is 14.9 Å². The molecular formula is C12H10O4. The Bertz CT molecular complexity index is 560. The van der Waals surface area contributed by atoms with Crippen LogP contribution in [0.4, 0.5) is 0 Å². The highest BCUT2D eigenvalue weighted by Crippen LogP contribution is 2.33. The van der Waals surface area contributed by atoms with Crippen LogP contribution in [0.15, 0.2) is 24.3 Å². The van der Waals surface area contributed by atoms with E-state index in [0.717, 1.165) is 0 Å². The number of carbonyl (C=O) groups is 1. The highest BCUT2D eigenvalue weighted by Gasteiger charge is 2.07. The summed E-state index contributed by atoms with van der Waals surface area (Å²) < 4.78 is 4.95. The van der Waals surface area contributed by atoms with E-state index in [1.54, 1.807) is 6.07 Å². The number of hydrogen-bond donors (Lipinski definition) is 2. The predicted octanol–water partition coefficient (Wildman–Crippen LogP) is 2.07. The number of phenolic OH excluding ortho intramolecular Hbond substituents is 2. The van der Waals surface area contributed by atoms with E-state index in [1.807, 2.05) is 0 Å². The molecule has 2 aromatic carbocycles. The molecule has 2 rings (SSSR count). The summed E-state index contributed by atoms with van der Waals surface area (Å²) in [5, 5.41) is 20.4. The van der Waals surface area contributed by atoms with Crippen molar-refractivity contribution in [2.24, 2.45) is 0 Å². The van der Waals surface area contributed by atoms with Gasteiger partial charge in [0.15, 0.2) is 17.8 Å². The van der Waals surface area contributed by atoms with E-state index in [2.05, 4.69) is 0 Å². The molecule has 0 aliphatic rings. The summed E-state index contributed by atoms with van der Waals surface area (Å²) in [6, 6.07) is 6.05. The topological polar surface area (TPSA) is 66.8 Å². The molecule has 16 heavy (non-hydrogen) atoms. The number of fused-ring (bicyclic) bond motifs is 1. The van der Waals surface area contributed by atoms with Crippen molar-refractivity contribution in [3.8, 4) is 17.2 Å². The van der Waals surface area contributed by atoms with E-state index in [0.29, 0.717) is 22.8 Å². The SMILES string of the molecule is COc1cc2cc(O)c(C=O)cc2cc1O. The maximum atomic E-state index is 10.6. The number of phenols is 2. The summed E-state index contributed by atoms with van der Waals surface area (Å²) in [7, 11) is 1.44. The predicted molar refractivity (Wildman–Crippen MR) is 59.2 cm³/mol. The van der Waals surface area contributed by atoms with Gasteiger partial charge in [0.2, 0.25) is 0 Å². The summed E-state index contributed by atoms with van der Waals surface area (Å²) in [5.41, 5.74) is 0.192. The Hall–Kier alpha value is -2.23. The van der Waals surface area contributed by atoms with E-state index < -0.39 is 0 Å². The van der Waals surface area contributed by atoms with Gasteiger partial charge in [-0.15, -0.1) is 0 Å². The van der Waals surface area contributed by atoms with Gasteiger partial charge in [-0.05, 0) is 35.0 Å². The first-order valence-electron chi connectivity index (χ1n) is 4.64. The van der Waals surface area contributed by atoms with E-state index in [-0.39, 0.29) is 17.1 Å². The molecule has 0 aromatic heterocycles. The fourth-order valence-electron chi connectivity index (χ4n) is 1.58. The van der Waals surface area contributed by atoms with Crippen molar-refractivity contribution in [3.63, 3.8) is 0 Å². The van der Waals surface area contributed by atoms with E-state index in [9.17, 15) is 15.0 Å². The Kier molecular flexibility index (Phi) is 2.40. The summed E-state index contributed by atoms with van der Waals surface area (Å²) in [4.78, 5) is 10.6. The largest absolute Gasteiger partial charge is 0.507 e. The van der Waals surface area contributed by atoms with Gasteiger partial charge in [0.05, 0.1) is 12.7 Å². The molecule has 0 saturated heterocycles.